The van der Waals surface area contributed by atoms with E-state index in [9.17, 15) is 9.18 Å². The van der Waals surface area contributed by atoms with E-state index >= 15 is 0 Å². The minimum Gasteiger partial charge on any atom is -0.399 e. The number of nitrogens with one attached hydrogen (secondary N) is 1. The van der Waals surface area contributed by atoms with Gasteiger partial charge < -0.3 is 11.1 Å². The summed E-state index contributed by atoms with van der Waals surface area (Å²) in [5, 5.41) is 3.38. The standard InChI is InChI=1S/C16H12FN3O/c17-10-7-11(18)9-12(8-10)20-16(21)14-5-6-19-15-4-2-1-3-13(14)15/h1-9H,18H2,(H,20,21). The van der Waals surface area contributed by atoms with E-state index in [1.54, 1.807) is 12.3 Å². The normalized spacial score (nSPS) is 10.5. The Bertz CT molecular complexity index is 807. The molecule has 1 heterocycles. The number of nitrogens with zero attached hydrogens (tertiary/aromatic N) is 1. The molecular weight excluding hydrogens is 269 g/mol. The van der Waals surface area contributed by atoms with Crippen LogP contribution in [0.1, 0.15) is 10.4 Å². The SMILES string of the molecule is Nc1cc(F)cc(NC(=O)c2ccnc3ccccc23)c1. The van der Waals surface area contributed by atoms with Crippen LogP contribution in [0.4, 0.5) is 15.8 Å². The second-order valence-electron chi connectivity index (χ2n) is 4.60. The van der Waals surface area contributed by atoms with Crippen molar-refractivity contribution in [2.24, 2.45) is 0 Å². The molecule has 0 saturated carbocycles. The Morgan fingerprint density at radius 3 is 2.76 bits per heavy atom. The number of amides is 1. The minimum atomic E-state index is -0.495. The van der Waals surface area contributed by atoms with Crippen LogP contribution in [0.25, 0.3) is 10.9 Å². The second kappa shape index (κ2) is 5.20. The zero-order chi connectivity index (χ0) is 14.8. The van der Waals surface area contributed by atoms with Crippen LogP contribution in [-0.4, -0.2) is 10.9 Å². The van der Waals surface area contributed by atoms with Crippen molar-refractivity contribution in [1.82, 2.24) is 4.98 Å². The van der Waals surface area contributed by atoms with Crippen LogP contribution in [0, 0.1) is 5.82 Å². The number of benzene rings is 2. The molecule has 3 aromatic rings. The van der Waals surface area contributed by atoms with Gasteiger partial charge in [0.15, 0.2) is 0 Å². The average Bonchev–Trinajstić information content (AvgIpc) is 2.45. The number of nitrogens with two attached hydrogens (primary N) is 1. The van der Waals surface area contributed by atoms with Gasteiger partial charge in [-0.15, -0.1) is 0 Å². The number of carbonyl (C=O) groups excluding carboxylic acids is 1. The van der Waals surface area contributed by atoms with E-state index in [0.29, 0.717) is 11.3 Å². The summed E-state index contributed by atoms with van der Waals surface area (Å²) in [7, 11) is 0. The zero-order valence-corrected chi connectivity index (χ0v) is 11.0. The third kappa shape index (κ3) is 2.67. The van der Waals surface area contributed by atoms with E-state index in [1.807, 2.05) is 24.3 Å². The number of anilines is 2. The van der Waals surface area contributed by atoms with Crippen molar-refractivity contribution in [2.45, 2.75) is 0 Å². The molecule has 1 amide bonds. The molecule has 0 unspecified atom stereocenters. The molecule has 0 radical (unpaired) electrons. The Balaban J connectivity index is 1.97. The molecule has 0 aliphatic rings. The van der Waals surface area contributed by atoms with Gasteiger partial charge in [0, 0.05) is 23.0 Å². The lowest BCUT2D eigenvalue weighted by Crippen LogP contribution is -2.13. The number of rotatable bonds is 2. The van der Waals surface area contributed by atoms with Gasteiger partial charge in [-0.1, -0.05) is 18.2 Å². The molecule has 0 aliphatic heterocycles. The van der Waals surface area contributed by atoms with E-state index in [2.05, 4.69) is 10.3 Å². The highest BCUT2D eigenvalue weighted by Crippen LogP contribution is 2.20. The minimum absolute atomic E-state index is 0.255. The van der Waals surface area contributed by atoms with Crippen LogP contribution in [0.3, 0.4) is 0 Å². The molecule has 3 rings (SSSR count). The molecular formula is C16H12FN3O. The van der Waals surface area contributed by atoms with Gasteiger partial charge in [-0.3, -0.25) is 9.78 Å². The van der Waals surface area contributed by atoms with Gasteiger partial charge in [0.25, 0.3) is 5.91 Å². The number of aromatic nitrogens is 1. The van der Waals surface area contributed by atoms with Crippen LogP contribution >= 0.6 is 0 Å². The Labute approximate surface area is 120 Å². The summed E-state index contributed by atoms with van der Waals surface area (Å²) >= 11 is 0. The monoisotopic (exact) mass is 281 g/mol. The summed E-state index contributed by atoms with van der Waals surface area (Å²) in [6.07, 6.45) is 1.57. The maximum atomic E-state index is 13.3. The van der Waals surface area contributed by atoms with Gasteiger partial charge in [0.2, 0.25) is 0 Å². The molecule has 5 heteroatoms. The molecule has 2 aromatic carbocycles. The Kier molecular flexibility index (Phi) is 3.23. The predicted octanol–water partition coefficient (Wildman–Crippen LogP) is 3.21. The van der Waals surface area contributed by atoms with Crippen molar-refractivity contribution >= 4 is 28.2 Å². The summed E-state index contributed by atoms with van der Waals surface area (Å²) in [4.78, 5) is 16.5. The lowest BCUT2D eigenvalue weighted by atomic mass is 10.1. The Morgan fingerprint density at radius 2 is 1.95 bits per heavy atom. The average molecular weight is 281 g/mol. The molecule has 104 valence electrons. The first-order valence-corrected chi connectivity index (χ1v) is 6.34. The maximum Gasteiger partial charge on any atom is 0.256 e. The fourth-order valence-corrected chi connectivity index (χ4v) is 2.18. The molecule has 1 aromatic heterocycles. The first-order valence-electron chi connectivity index (χ1n) is 6.34. The van der Waals surface area contributed by atoms with Gasteiger partial charge in [0.1, 0.15) is 5.82 Å². The number of para-hydroxylation sites is 1. The lowest BCUT2D eigenvalue weighted by molar-refractivity contribution is 0.102. The fraction of sp³-hybridized carbons (Fsp3) is 0. The molecule has 4 nitrogen and oxygen atoms in total. The number of fused-ring (bicyclic) bond motifs is 1. The third-order valence-corrected chi connectivity index (χ3v) is 3.07. The molecule has 21 heavy (non-hydrogen) atoms. The van der Waals surface area contributed by atoms with Gasteiger partial charge in [-0.05, 0) is 30.3 Å². The van der Waals surface area contributed by atoms with Crippen LogP contribution < -0.4 is 11.1 Å². The first kappa shape index (κ1) is 13.1. The quantitative estimate of drug-likeness (QED) is 0.709. The molecule has 3 N–H and O–H groups in total. The van der Waals surface area contributed by atoms with Crippen molar-refractivity contribution in [3.8, 4) is 0 Å². The summed E-state index contributed by atoms with van der Waals surface area (Å²) in [5.74, 6) is -0.830. The van der Waals surface area contributed by atoms with Crippen molar-refractivity contribution in [3.63, 3.8) is 0 Å². The van der Waals surface area contributed by atoms with Gasteiger partial charge in [-0.2, -0.15) is 0 Å². The first-order chi connectivity index (χ1) is 10.1. The van der Waals surface area contributed by atoms with E-state index < -0.39 is 5.82 Å². The number of pyridine rings is 1. The topological polar surface area (TPSA) is 68.0 Å². The Hall–Kier alpha value is -2.95. The van der Waals surface area contributed by atoms with Crippen LogP contribution in [0.15, 0.2) is 54.7 Å². The van der Waals surface area contributed by atoms with Crippen molar-refractivity contribution in [3.05, 3.63) is 66.1 Å². The van der Waals surface area contributed by atoms with Crippen molar-refractivity contribution in [1.29, 1.82) is 0 Å². The number of halogens is 1. The highest BCUT2D eigenvalue weighted by atomic mass is 19.1. The van der Waals surface area contributed by atoms with Crippen LogP contribution in [0.5, 0.6) is 0 Å². The van der Waals surface area contributed by atoms with E-state index in [4.69, 9.17) is 5.73 Å². The van der Waals surface area contributed by atoms with Gasteiger partial charge >= 0.3 is 0 Å². The number of nitrogen functional groups attached to an aromatic ring is 1. The maximum absolute atomic E-state index is 13.3. The van der Waals surface area contributed by atoms with E-state index in [1.165, 1.54) is 18.2 Å². The molecule has 0 bridgehead atoms. The molecule has 0 atom stereocenters. The number of carbonyl (C=O) groups is 1. The smallest absolute Gasteiger partial charge is 0.256 e. The lowest BCUT2D eigenvalue weighted by Gasteiger charge is -2.08. The zero-order valence-electron chi connectivity index (χ0n) is 11.0. The highest BCUT2D eigenvalue weighted by Gasteiger charge is 2.11. The largest absolute Gasteiger partial charge is 0.399 e. The summed E-state index contributed by atoms with van der Waals surface area (Å²) in [6.45, 7) is 0. The second-order valence-corrected chi connectivity index (χ2v) is 4.60. The van der Waals surface area contributed by atoms with Gasteiger partial charge in [-0.25, -0.2) is 4.39 Å². The Morgan fingerprint density at radius 1 is 1.14 bits per heavy atom. The summed E-state index contributed by atoms with van der Waals surface area (Å²) in [6, 6.07) is 12.9. The van der Waals surface area contributed by atoms with Gasteiger partial charge in [0.05, 0.1) is 11.1 Å². The number of hydrogen-bond acceptors (Lipinski definition) is 3. The van der Waals surface area contributed by atoms with Crippen LogP contribution in [0.2, 0.25) is 0 Å². The van der Waals surface area contributed by atoms with E-state index in [-0.39, 0.29) is 11.6 Å². The molecule has 0 saturated heterocycles. The van der Waals surface area contributed by atoms with E-state index in [0.717, 1.165) is 10.9 Å². The third-order valence-electron chi connectivity index (χ3n) is 3.07. The van der Waals surface area contributed by atoms with Crippen molar-refractivity contribution < 1.29 is 9.18 Å². The number of hydrogen-bond donors (Lipinski definition) is 2. The van der Waals surface area contributed by atoms with Crippen LogP contribution in [-0.2, 0) is 0 Å². The molecule has 0 aliphatic carbocycles. The fourth-order valence-electron chi connectivity index (χ4n) is 2.18. The summed E-state index contributed by atoms with van der Waals surface area (Å²) < 4.78 is 13.3. The molecule has 0 fully saturated rings. The van der Waals surface area contributed by atoms with Crippen molar-refractivity contribution in [2.75, 3.05) is 11.1 Å². The predicted molar refractivity (Wildman–Crippen MR) is 80.5 cm³/mol. The molecule has 0 spiro atoms. The summed E-state index contributed by atoms with van der Waals surface area (Å²) in [5.41, 5.74) is 7.34. The highest BCUT2D eigenvalue weighted by molar-refractivity contribution is 6.12.